The van der Waals surface area contributed by atoms with Gasteiger partial charge in [-0.25, -0.2) is 22.3 Å². The summed E-state index contributed by atoms with van der Waals surface area (Å²) in [7, 11) is -7.97. The Morgan fingerprint density at radius 3 is 1.81 bits per heavy atom. The van der Waals surface area contributed by atoms with Crippen LogP contribution in [0.5, 0.6) is 0 Å². The quantitative estimate of drug-likeness (QED) is 0.0120. The third-order valence-electron chi connectivity index (χ3n) is 11.4. The van der Waals surface area contributed by atoms with Crippen LogP contribution in [-0.4, -0.2) is 54.6 Å². The molecule has 0 fully saturated rings. The number of carbonyl (C=O) groups excluding carboxylic acids is 4. The van der Waals surface area contributed by atoms with Crippen LogP contribution in [0.4, 0.5) is 28.4 Å². The molecule has 0 aliphatic rings. The van der Waals surface area contributed by atoms with Crippen molar-refractivity contribution >= 4 is 73.1 Å². The normalized spacial score (nSPS) is 11.2. The first-order chi connectivity index (χ1) is 34.6. The number of pyridine rings is 1. The van der Waals surface area contributed by atoms with Gasteiger partial charge in [-0.15, -0.1) is 0 Å². The zero-order chi connectivity index (χ0) is 51.7. The SMILES string of the molecule is Cc1ccc(S(=O)(=O)Nc2ccc(NNC=O)cc2)c(C)c1NC(=O)C[n+]1cccc(C(=O)NCCCCCCNOCc2cccc(-c3c(C)ccc(S(=O)(=O)Nc4ccc(NNC=O)cc4)c3C)c2)c1. The van der Waals surface area contributed by atoms with E-state index in [2.05, 4.69) is 47.3 Å². The van der Waals surface area contributed by atoms with E-state index in [0.29, 0.717) is 83.2 Å². The van der Waals surface area contributed by atoms with E-state index in [4.69, 9.17) is 4.84 Å². The first-order valence-corrected chi connectivity index (χ1v) is 25.9. The molecule has 19 nitrogen and oxygen atoms in total. The number of anilines is 5. The highest BCUT2D eigenvalue weighted by Crippen LogP contribution is 2.33. The van der Waals surface area contributed by atoms with Gasteiger partial charge in [0.25, 0.3) is 31.9 Å². The van der Waals surface area contributed by atoms with Gasteiger partial charge in [-0.3, -0.25) is 55.2 Å². The molecule has 0 unspecified atom stereocenters. The lowest BCUT2D eigenvalue weighted by Gasteiger charge is -2.17. The molecule has 1 aromatic heterocycles. The number of amides is 4. The van der Waals surface area contributed by atoms with E-state index >= 15 is 0 Å². The van der Waals surface area contributed by atoms with Gasteiger partial charge in [-0.2, -0.15) is 4.57 Å². The topological polar surface area (TPSA) is 258 Å². The first kappa shape index (κ1) is 53.5. The number of unbranched alkanes of at least 4 members (excludes halogenated alkanes) is 3. The molecule has 0 saturated carbocycles. The van der Waals surface area contributed by atoms with Gasteiger partial charge in [0.05, 0.1) is 27.8 Å². The van der Waals surface area contributed by atoms with Crippen molar-refractivity contribution in [3.63, 3.8) is 0 Å². The summed E-state index contributed by atoms with van der Waals surface area (Å²) < 4.78 is 60.6. The van der Waals surface area contributed by atoms with Crippen LogP contribution >= 0.6 is 0 Å². The molecule has 5 aromatic carbocycles. The summed E-state index contributed by atoms with van der Waals surface area (Å²) in [5.41, 5.74) is 20.7. The summed E-state index contributed by atoms with van der Waals surface area (Å²) in [6.45, 7) is 8.40. The molecule has 6 rings (SSSR count). The van der Waals surface area contributed by atoms with E-state index in [0.717, 1.165) is 47.9 Å². The maximum absolute atomic E-state index is 13.5. The van der Waals surface area contributed by atoms with Crippen LogP contribution in [0.2, 0.25) is 0 Å². The fourth-order valence-corrected chi connectivity index (χ4v) is 10.5. The third kappa shape index (κ3) is 14.8. The number of aromatic nitrogens is 1. The number of aryl methyl sites for hydroxylation is 2. The Balaban J connectivity index is 0.900. The first-order valence-electron chi connectivity index (χ1n) is 23.0. The van der Waals surface area contributed by atoms with Gasteiger partial charge >= 0.3 is 0 Å². The van der Waals surface area contributed by atoms with E-state index in [9.17, 15) is 36.0 Å². The summed E-state index contributed by atoms with van der Waals surface area (Å²) in [5.74, 6) is -0.682. The Bertz CT molecular complexity index is 3100. The molecule has 21 heteroatoms. The minimum Gasteiger partial charge on any atom is -0.352 e. The molecular weight excluding hydrogens is 961 g/mol. The van der Waals surface area contributed by atoms with Crippen LogP contribution in [0.15, 0.2) is 131 Å². The third-order valence-corrected chi connectivity index (χ3v) is 14.5. The van der Waals surface area contributed by atoms with E-state index in [1.807, 2.05) is 31.2 Å². The average molecular weight is 1020 g/mol. The fraction of sp³-hybridized carbons (Fsp3) is 0.235. The minimum atomic E-state index is -4.04. The van der Waals surface area contributed by atoms with E-state index in [1.54, 1.807) is 117 Å². The summed E-state index contributed by atoms with van der Waals surface area (Å²) in [6.07, 6.45) is 7.65. The van der Waals surface area contributed by atoms with Crippen molar-refractivity contribution in [3.05, 3.63) is 155 Å². The second kappa shape index (κ2) is 25.3. The molecule has 378 valence electrons. The summed E-state index contributed by atoms with van der Waals surface area (Å²) >= 11 is 0. The zero-order valence-electron chi connectivity index (χ0n) is 40.3. The van der Waals surface area contributed by atoms with Crippen molar-refractivity contribution in [3.8, 4) is 11.1 Å². The lowest BCUT2D eigenvalue weighted by atomic mass is 9.95. The number of hydrazine groups is 2. The van der Waals surface area contributed by atoms with Crippen molar-refractivity contribution in [2.75, 3.05) is 38.7 Å². The molecule has 1 heterocycles. The standard InChI is InChI=1S/C51H58N10O9S2/c1-35-14-24-46(71(66,67)59-44-20-16-42(17-21-44)57-53-33-62)37(3)49(35)40-12-9-11-39(29-40)32-70-55-27-8-6-5-7-26-52-51(65)41-13-10-28-61(30-41)31-48(64)56-50-36(2)15-25-47(38(50)4)72(68,69)60-45-22-18-43(19-23-45)58-54-34-63/h9-25,28-30,33-34,55,57-60H,5-8,26-27,31-32H2,1-4H3,(H3-,52,53,54,56,62,63,64,65)/p+1. The molecule has 0 atom stereocenters. The average Bonchev–Trinajstić information content (AvgIpc) is 3.35. The van der Waals surface area contributed by atoms with Crippen molar-refractivity contribution in [1.82, 2.24) is 21.6 Å². The number of hydroxylamine groups is 1. The van der Waals surface area contributed by atoms with Crippen LogP contribution in [0.3, 0.4) is 0 Å². The lowest BCUT2D eigenvalue weighted by Crippen LogP contribution is -2.41. The van der Waals surface area contributed by atoms with E-state index < -0.39 is 26.0 Å². The van der Waals surface area contributed by atoms with Gasteiger partial charge in [0.2, 0.25) is 19.4 Å². The maximum atomic E-state index is 13.5. The van der Waals surface area contributed by atoms with Crippen molar-refractivity contribution < 1.29 is 45.4 Å². The zero-order valence-corrected chi connectivity index (χ0v) is 41.9. The highest BCUT2D eigenvalue weighted by Gasteiger charge is 2.24. The van der Waals surface area contributed by atoms with Crippen LogP contribution in [0.1, 0.15) is 63.9 Å². The highest BCUT2D eigenvalue weighted by atomic mass is 32.2. The number of carbonyl (C=O) groups is 4. The lowest BCUT2D eigenvalue weighted by molar-refractivity contribution is -0.684. The van der Waals surface area contributed by atoms with Crippen LogP contribution in [-0.2, 0) is 52.4 Å². The van der Waals surface area contributed by atoms with Gasteiger partial charge in [0.1, 0.15) is 5.56 Å². The van der Waals surface area contributed by atoms with Crippen molar-refractivity contribution in [1.29, 1.82) is 0 Å². The highest BCUT2D eigenvalue weighted by molar-refractivity contribution is 7.93. The Kier molecular flexibility index (Phi) is 18.8. The largest absolute Gasteiger partial charge is 0.352 e. The maximum Gasteiger partial charge on any atom is 0.290 e. The molecule has 0 spiro atoms. The number of nitrogens with one attached hydrogen (secondary N) is 9. The van der Waals surface area contributed by atoms with Gasteiger partial charge in [-0.1, -0.05) is 43.2 Å². The molecule has 9 N–H and O–H groups in total. The minimum absolute atomic E-state index is 0.00923. The second-order valence-corrected chi connectivity index (χ2v) is 20.1. The molecule has 0 aliphatic carbocycles. The smallest absolute Gasteiger partial charge is 0.290 e. The Morgan fingerprint density at radius 2 is 1.19 bits per heavy atom. The Morgan fingerprint density at radius 1 is 0.625 bits per heavy atom. The molecule has 0 radical (unpaired) electrons. The number of hydrogen-bond acceptors (Lipinski definition) is 12. The molecule has 6 aromatic rings. The summed E-state index contributed by atoms with van der Waals surface area (Å²) in [4.78, 5) is 53.3. The van der Waals surface area contributed by atoms with Gasteiger partial charge in [0.15, 0.2) is 12.4 Å². The summed E-state index contributed by atoms with van der Waals surface area (Å²) in [5, 5.41) is 5.79. The van der Waals surface area contributed by atoms with E-state index in [1.165, 1.54) is 6.07 Å². The molecule has 0 aliphatic heterocycles. The monoisotopic (exact) mass is 1020 g/mol. The van der Waals surface area contributed by atoms with E-state index in [-0.39, 0.29) is 22.2 Å². The number of rotatable bonds is 27. The van der Waals surface area contributed by atoms with Crippen LogP contribution < -0.4 is 51.8 Å². The fourth-order valence-electron chi connectivity index (χ4n) is 7.87. The molecule has 4 amide bonds. The Labute approximate surface area is 419 Å². The molecule has 72 heavy (non-hydrogen) atoms. The van der Waals surface area contributed by atoms with Crippen molar-refractivity contribution in [2.45, 2.75) is 76.3 Å². The summed E-state index contributed by atoms with van der Waals surface area (Å²) in [6, 6.07) is 30.4. The van der Waals surface area contributed by atoms with Crippen molar-refractivity contribution in [2.24, 2.45) is 0 Å². The van der Waals surface area contributed by atoms with Gasteiger partial charge in [0, 0.05) is 36.2 Å². The number of hydrogen-bond donors (Lipinski definition) is 9. The molecule has 0 bridgehead atoms. The predicted molar refractivity (Wildman–Crippen MR) is 276 cm³/mol. The predicted octanol–water partition coefficient (Wildman–Crippen LogP) is 6.27. The van der Waals surface area contributed by atoms with Crippen LogP contribution in [0, 0.1) is 27.7 Å². The van der Waals surface area contributed by atoms with Crippen LogP contribution in [0.25, 0.3) is 11.1 Å². The molecule has 0 saturated heterocycles. The second-order valence-electron chi connectivity index (χ2n) is 16.8. The van der Waals surface area contributed by atoms with Gasteiger partial charge < -0.3 is 10.6 Å². The number of benzene rings is 5. The van der Waals surface area contributed by atoms with Gasteiger partial charge in [-0.05, 0) is 152 Å². The molecular formula is C51H59N10O9S2+. The number of sulfonamides is 2. The number of nitrogens with zero attached hydrogens (tertiary/aromatic N) is 1. The Hall–Kier alpha value is -7.85.